The molecular formula is C14H15ClN4OS. The van der Waals surface area contributed by atoms with Gasteiger partial charge in [-0.1, -0.05) is 23.7 Å². The number of hydrogen-bond donors (Lipinski definition) is 2. The molecule has 0 aliphatic heterocycles. The van der Waals surface area contributed by atoms with Gasteiger partial charge in [-0.3, -0.25) is 0 Å². The van der Waals surface area contributed by atoms with Crippen molar-refractivity contribution in [1.82, 2.24) is 14.5 Å². The molecule has 2 N–H and O–H groups in total. The molecule has 0 bridgehead atoms. The molecule has 0 fully saturated rings. The number of nitrogens with one attached hydrogen (secondary N) is 2. The Morgan fingerprint density at radius 2 is 2.38 bits per heavy atom. The standard InChI is InChI=1S/C14H15ClN4OS/c1-20-6-5-19-9-16-8-13(19)21-18-12-4-2-3-10-11(15)7-17-14(10)12/h2-4,7-9,17-18H,5-6H2,1H3. The van der Waals surface area contributed by atoms with Gasteiger partial charge in [-0.15, -0.1) is 0 Å². The molecule has 0 spiro atoms. The lowest BCUT2D eigenvalue weighted by molar-refractivity contribution is 0.185. The van der Waals surface area contributed by atoms with Crippen molar-refractivity contribution in [2.24, 2.45) is 0 Å². The Kier molecular flexibility index (Phi) is 4.38. The molecule has 0 atom stereocenters. The first-order chi connectivity index (χ1) is 10.3. The average Bonchev–Trinajstić information content (AvgIpc) is 3.10. The van der Waals surface area contributed by atoms with Crippen LogP contribution in [0.15, 0.2) is 41.9 Å². The van der Waals surface area contributed by atoms with E-state index in [0.29, 0.717) is 6.61 Å². The summed E-state index contributed by atoms with van der Waals surface area (Å²) in [6.07, 6.45) is 5.43. The van der Waals surface area contributed by atoms with Gasteiger partial charge in [0.2, 0.25) is 0 Å². The Balaban J connectivity index is 1.76. The summed E-state index contributed by atoms with van der Waals surface area (Å²) in [7, 11) is 1.69. The molecule has 0 unspecified atom stereocenters. The van der Waals surface area contributed by atoms with Crippen LogP contribution in [-0.2, 0) is 11.3 Å². The maximum atomic E-state index is 6.13. The Morgan fingerprint density at radius 3 is 3.24 bits per heavy atom. The number of aromatic nitrogens is 3. The van der Waals surface area contributed by atoms with Gasteiger partial charge < -0.3 is 19.0 Å². The quantitative estimate of drug-likeness (QED) is 0.678. The molecule has 0 aliphatic carbocycles. The molecule has 3 aromatic rings. The van der Waals surface area contributed by atoms with E-state index in [1.807, 2.05) is 29.0 Å². The minimum absolute atomic E-state index is 0.658. The number of anilines is 1. The van der Waals surface area contributed by atoms with E-state index in [1.54, 1.807) is 19.6 Å². The van der Waals surface area contributed by atoms with Crippen molar-refractivity contribution >= 4 is 40.1 Å². The minimum atomic E-state index is 0.658. The summed E-state index contributed by atoms with van der Waals surface area (Å²) >= 11 is 7.65. The van der Waals surface area contributed by atoms with Crippen molar-refractivity contribution in [1.29, 1.82) is 0 Å². The van der Waals surface area contributed by atoms with Crippen LogP contribution in [0.5, 0.6) is 0 Å². The second kappa shape index (κ2) is 6.43. The van der Waals surface area contributed by atoms with Crippen molar-refractivity contribution in [3.63, 3.8) is 0 Å². The number of methoxy groups -OCH3 is 1. The second-order valence-electron chi connectivity index (χ2n) is 4.49. The molecule has 7 heteroatoms. The summed E-state index contributed by atoms with van der Waals surface area (Å²) in [5, 5.41) is 2.76. The molecule has 0 aliphatic rings. The third kappa shape index (κ3) is 3.02. The number of imidazole rings is 1. The van der Waals surface area contributed by atoms with Crippen LogP contribution in [0.2, 0.25) is 5.02 Å². The van der Waals surface area contributed by atoms with E-state index in [-0.39, 0.29) is 0 Å². The number of rotatable bonds is 6. The number of benzene rings is 1. The fraction of sp³-hybridized carbons (Fsp3) is 0.214. The first kappa shape index (κ1) is 14.3. The number of halogens is 1. The first-order valence-electron chi connectivity index (χ1n) is 6.47. The highest BCUT2D eigenvalue weighted by molar-refractivity contribution is 8.00. The third-order valence-corrected chi connectivity index (χ3v) is 4.32. The van der Waals surface area contributed by atoms with Crippen molar-refractivity contribution in [2.45, 2.75) is 11.6 Å². The van der Waals surface area contributed by atoms with E-state index in [9.17, 15) is 0 Å². The number of ether oxygens (including phenoxy) is 1. The molecule has 5 nitrogen and oxygen atoms in total. The van der Waals surface area contributed by atoms with Crippen molar-refractivity contribution in [3.8, 4) is 0 Å². The summed E-state index contributed by atoms with van der Waals surface area (Å²) < 4.78 is 10.5. The highest BCUT2D eigenvalue weighted by atomic mass is 35.5. The van der Waals surface area contributed by atoms with Crippen LogP contribution in [0.1, 0.15) is 0 Å². The van der Waals surface area contributed by atoms with Crippen molar-refractivity contribution in [2.75, 3.05) is 18.4 Å². The average molecular weight is 323 g/mol. The van der Waals surface area contributed by atoms with E-state index in [4.69, 9.17) is 16.3 Å². The number of H-pyrrole nitrogens is 1. The Bertz CT molecular complexity index is 739. The molecule has 0 saturated carbocycles. The minimum Gasteiger partial charge on any atom is -0.383 e. The number of nitrogens with zero attached hydrogens (tertiary/aromatic N) is 2. The Morgan fingerprint density at radius 1 is 1.48 bits per heavy atom. The van der Waals surface area contributed by atoms with Crippen molar-refractivity contribution in [3.05, 3.63) is 41.9 Å². The summed E-state index contributed by atoms with van der Waals surface area (Å²) in [6.45, 7) is 1.44. The topological polar surface area (TPSA) is 54.9 Å². The zero-order chi connectivity index (χ0) is 14.7. The lowest BCUT2D eigenvalue weighted by Gasteiger charge is -2.09. The molecule has 3 rings (SSSR count). The number of aromatic amines is 1. The third-order valence-electron chi connectivity index (χ3n) is 3.14. The largest absolute Gasteiger partial charge is 0.383 e. The maximum Gasteiger partial charge on any atom is 0.116 e. The van der Waals surface area contributed by atoms with Crippen LogP contribution in [0, 0.1) is 0 Å². The summed E-state index contributed by atoms with van der Waals surface area (Å²) in [6, 6.07) is 5.98. The molecule has 1 aromatic carbocycles. The van der Waals surface area contributed by atoms with E-state index in [1.165, 1.54) is 11.9 Å². The van der Waals surface area contributed by atoms with Crippen molar-refractivity contribution < 1.29 is 4.74 Å². The SMILES string of the molecule is COCCn1cncc1SNc1cccc2c(Cl)c[nH]c12. The summed E-state index contributed by atoms with van der Waals surface area (Å²) in [4.78, 5) is 7.36. The first-order valence-corrected chi connectivity index (χ1v) is 7.66. The van der Waals surface area contributed by atoms with Gasteiger partial charge in [0.15, 0.2) is 0 Å². The molecule has 2 aromatic heterocycles. The normalized spacial score (nSPS) is 11.1. The zero-order valence-electron chi connectivity index (χ0n) is 11.5. The smallest absolute Gasteiger partial charge is 0.116 e. The lowest BCUT2D eigenvalue weighted by Crippen LogP contribution is -2.04. The highest BCUT2D eigenvalue weighted by Crippen LogP contribution is 2.31. The van der Waals surface area contributed by atoms with Gasteiger partial charge in [-0.2, -0.15) is 0 Å². The predicted molar refractivity (Wildman–Crippen MR) is 86.9 cm³/mol. The molecular weight excluding hydrogens is 308 g/mol. The number of hydrogen-bond acceptors (Lipinski definition) is 4. The van der Waals surface area contributed by atoms with Gasteiger partial charge in [-0.25, -0.2) is 4.98 Å². The van der Waals surface area contributed by atoms with Gasteiger partial charge in [0.05, 0.1) is 35.4 Å². The Labute approximate surface area is 131 Å². The predicted octanol–water partition coefficient (Wildman–Crippen LogP) is 3.78. The van der Waals surface area contributed by atoms with Gasteiger partial charge in [0.25, 0.3) is 0 Å². The summed E-state index contributed by atoms with van der Waals surface area (Å²) in [5.74, 6) is 0. The highest BCUT2D eigenvalue weighted by Gasteiger charge is 2.08. The van der Waals surface area contributed by atoms with Crippen LogP contribution >= 0.6 is 23.5 Å². The van der Waals surface area contributed by atoms with Crippen LogP contribution in [0.25, 0.3) is 10.9 Å². The molecule has 2 heterocycles. The van der Waals surface area contributed by atoms with E-state index in [2.05, 4.69) is 14.7 Å². The van der Waals surface area contributed by atoms with E-state index in [0.717, 1.165) is 33.2 Å². The molecule has 110 valence electrons. The van der Waals surface area contributed by atoms with Gasteiger partial charge >= 0.3 is 0 Å². The van der Waals surface area contributed by atoms with Gasteiger partial charge in [-0.05, 0) is 6.07 Å². The van der Waals surface area contributed by atoms with Crippen LogP contribution in [0.4, 0.5) is 5.69 Å². The van der Waals surface area contributed by atoms with Crippen LogP contribution < -0.4 is 4.72 Å². The molecule has 0 amide bonds. The molecule has 0 radical (unpaired) electrons. The summed E-state index contributed by atoms with van der Waals surface area (Å²) in [5.41, 5.74) is 1.99. The monoisotopic (exact) mass is 322 g/mol. The second-order valence-corrected chi connectivity index (χ2v) is 5.72. The number of fused-ring (bicyclic) bond motifs is 1. The zero-order valence-corrected chi connectivity index (χ0v) is 13.0. The fourth-order valence-corrected chi connectivity index (χ4v) is 3.03. The fourth-order valence-electron chi connectivity index (χ4n) is 2.06. The maximum absolute atomic E-state index is 6.13. The van der Waals surface area contributed by atoms with E-state index >= 15 is 0 Å². The van der Waals surface area contributed by atoms with Crippen LogP contribution in [0.3, 0.4) is 0 Å². The molecule has 21 heavy (non-hydrogen) atoms. The van der Waals surface area contributed by atoms with Gasteiger partial charge in [0, 0.05) is 37.2 Å². The van der Waals surface area contributed by atoms with Crippen LogP contribution in [-0.4, -0.2) is 28.3 Å². The number of para-hydroxylation sites is 1. The lowest BCUT2D eigenvalue weighted by atomic mass is 10.2. The van der Waals surface area contributed by atoms with E-state index < -0.39 is 0 Å². The van der Waals surface area contributed by atoms with Gasteiger partial charge in [0.1, 0.15) is 5.03 Å². The Hall–Kier alpha value is -1.63. The molecule has 0 saturated heterocycles.